The van der Waals surface area contributed by atoms with Crippen LogP contribution in [-0.2, 0) is 10.8 Å². The lowest BCUT2D eigenvalue weighted by Gasteiger charge is -2.33. The van der Waals surface area contributed by atoms with E-state index in [1.807, 2.05) is 0 Å². The van der Waals surface area contributed by atoms with Gasteiger partial charge in [-0.15, -0.1) is 0 Å². The molecule has 2 heteroatoms. The fourth-order valence-corrected chi connectivity index (χ4v) is 12.2. The molecule has 11 aromatic rings. The average Bonchev–Trinajstić information content (AvgIpc) is 4.04. The van der Waals surface area contributed by atoms with E-state index >= 15 is 0 Å². The Morgan fingerprint density at radius 3 is 1.52 bits per heavy atom. The summed E-state index contributed by atoms with van der Waals surface area (Å²) >= 11 is 0. The molecule has 0 saturated heterocycles. The third kappa shape index (κ3) is 4.54. The van der Waals surface area contributed by atoms with Crippen LogP contribution in [0.2, 0.25) is 0 Å². The zero-order chi connectivity index (χ0) is 42.3. The second-order valence-electron chi connectivity index (χ2n) is 18.3. The molecule has 14 rings (SSSR count). The maximum Gasteiger partial charge on any atom is 0.136 e. The van der Waals surface area contributed by atoms with Crippen LogP contribution in [0.25, 0.3) is 77.2 Å². The van der Waals surface area contributed by atoms with Gasteiger partial charge in [-0.1, -0.05) is 184 Å². The molecule has 1 heterocycles. The van der Waals surface area contributed by atoms with Crippen molar-refractivity contribution in [2.45, 2.75) is 24.7 Å². The fourth-order valence-electron chi connectivity index (χ4n) is 12.2. The van der Waals surface area contributed by atoms with E-state index in [-0.39, 0.29) is 5.41 Å². The number of furan rings is 1. The zero-order valence-corrected chi connectivity index (χ0v) is 35.6. The van der Waals surface area contributed by atoms with E-state index in [0.29, 0.717) is 0 Å². The van der Waals surface area contributed by atoms with Crippen molar-refractivity contribution in [2.75, 3.05) is 4.90 Å². The normalized spacial score (nSPS) is 14.3. The number of hydrogen-bond acceptors (Lipinski definition) is 2. The highest BCUT2D eigenvalue weighted by Crippen LogP contribution is 2.64. The van der Waals surface area contributed by atoms with E-state index in [2.05, 4.69) is 231 Å². The van der Waals surface area contributed by atoms with E-state index in [9.17, 15) is 0 Å². The van der Waals surface area contributed by atoms with Crippen molar-refractivity contribution < 1.29 is 4.42 Å². The molecule has 3 aliphatic rings. The standard InChI is InChI=1S/C62H41NO/c1-61(2)50-25-10-5-19-42(50)46-32-30-39(36-54(46)61)63(56-34-35-58-60(49-23-9-14-29-57(49)64-58)59(56)48-24-15-17-38-16-3-4-18-41(38)48)40-31-33-47-45-22-8-13-28-53(45)62(55(47)37-40)51-26-11-6-20-43(51)44-21-7-12-27-52(44)62/h3-37H,1-2H3. The van der Waals surface area contributed by atoms with Gasteiger partial charge in [0.2, 0.25) is 0 Å². The monoisotopic (exact) mass is 815 g/mol. The van der Waals surface area contributed by atoms with Crippen LogP contribution in [-0.4, -0.2) is 0 Å². The van der Waals surface area contributed by atoms with Crippen LogP contribution in [0.5, 0.6) is 0 Å². The minimum atomic E-state index is -0.481. The number of benzene rings is 10. The topological polar surface area (TPSA) is 16.4 Å². The van der Waals surface area contributed by atoms with Gasteiger partial charge in [-0.05, 0) is 126 Å². The van der Waals surface area contributed by atoms with Crippen molar-refractivity contribution in [1.82, 2.24) is 0 Å². The van der Waals surface area contributed by atoms with Gasteiger partial charge in [-0.2, -0.15) is 0 Å². The van der Waals surface area contributed by atoms with Crippen LogP contribution in [0.15, 0.2) is 217 Å². The van der Waals surface area contributed by atoms with Gasteiger partial charge in [0, 0.05) is 33.1 Å². The summed E-state index contributed by atoms with van der Waals surface area (Å²) in [4.78, 5) is 2.54. The summed E-state index contributed by atoms with van der Waals surface area (Å²) in [6.45, 7) is 4.75. The van der Waals surface area contributed by atoms with E-state index in [1.165, 1.54) is 83.1 Å². The summed E-state index contributed by atoms with van der Waals surface area (Å²) in [5.41, 5.74) is 22.6. The van der Waals surface area contributed by atoms with Crippen LogP contribution in [0.3, 0.4) is 0 Å². The summed E-state index contributed by atoms with van der Waals surface area (Å²) < 4.78 is 6.70. The molecule has 2 nitrogen and oxygen atoms in total. The Bertz CT molecular complexity index is 3720. The minimum absolute atomic E-state index is 0.183. The summed E-state index contributed by atoms with van der Waals surface area (Å²) in [6, 6.07) is 79.1. The SMILES string of the molecule is CC1(C)c2ccccc2-c2ccc(N(c3ccc4c(c3)C3(c5ccccc5-c5ccccc53)c3ccccc3-4)c3ccc4oc5ccccc5c4c3-c3cccc4ccccc34)cc21. The van der Waals surface area contributed by atoms with Gasteiger partial charge in [-0.3, -0.25) is 0 Å². The molecular formula is C62H41NO. The molecule has 0 aliphatic heterocycles. The van der Waals surface area contributed by atoms with Crippen LogP contribution >= 0.6 is 0 Å². The van der Waals surface area contributed by atoms with Crippen molar-refractivity contribution in [3.05, 3.63) is 246 Å². The largest absolute Gasteiger partial charge is 0.456 e. The molecule has 0 fully saturated rings. The molecule has 0 atom stereocenters. The van der Waals surface area contributed by atoms with Crippen molar-refractivity contribution >= 4 is 49.8 Å². The third-order valence-corrected chi connectivity index (χ3v) is 14.9. The number of anilines is 3. The number of para-hydroxylation sites is 1. The van der Waals surface area contributed by atoms with Gasteiger partial charge >= 0.3 is 0 Å². The zero-order valence-electron chi connectivity index (χ0n) is 35.6. The molecule has 64 heavy (non-hydrogen) atoms. The Morgan fingerprint density at radius 2 is 0.844 bits per heavy atom. The van der Waals surface area contributed by atoms with Gasteiger partial charge in [0.25, 0.3) is 0 Å². The lowest BCUT2D eigenvalue weighted by molar-refractivity contribution is 0.660. The quantitative estimate of drug-likeness (QED) is 0.176. The molecule has 3 aliphatic carbocycles. The second kappa shape index (κ2) is 12.8. The van der Waals surface area contributed by atoms with E-state index < -0.39 is 5.41 Å². The van der Waals surface area contributed by atoms with Crippen LogP contribution in [0.1, 0.15) is 47.2 Å². The predicted molar refractivity (Wildman–Crippen MR) is 265 cm³/mol. The molecule has 0 saturated carbocycles. The molecule has 0 radical (unpaired) electrons. The molecule has 10 aromatic carbocycles. The van der Waals surface area contributed by atoms with Crippen molar-refractivity contribution in [1.29, 1.82) is 0 Å². The Morgan fingerprint density at radius 1 is 0.359 bits per heavy atom. The highest BCUT2D eigenvalue weighted by atomic mass is 16.3. The first-order valence-electron chi connectivity index (χ1n) is 22.4. The van der Waals surface area contributed by atoms with E-state index in [1.54, 1.807) is 0 Å². The van der Waals surface area contributed by atoms with Crippen LogP contribution < -0.4 is 4.90 Å². The summed E-state index contributed by atoms with van der Waals surface area (Å²) in [6.07, 6.45) is 0. The first-order chi connectivity index (χ1) is 31.5. The number of rotatable bonds is 4. The van der Waals surface area contributed by atoms with Crippen molar-refractivity contribution in [2.24, 2.45) is 0 Å². The molecular weight excluding hydrogens is 775 g/mol. The Balaban J connectivity index is 1.11. The number of nitrogens with zero attached hydrogens (tertiary/aromatic N) is 1. The summed E-state index contributed by atoms with van der Waals surface area (Å²) in [7, 11) is 0. The Hall–Kier alpha value is -7.94. The number of hydrogen-bond donors (Lipinski definition) is 0. The van der Waals surface area contributed by atoms with E-state index in [0.717, 1.165) is 44.6 Å². The molecule has 1 spiro atoms. The highest BCUT2D eigenvalue weighted by Gasteiger charge is 2.51. The maximum atomic E-state index is 6.70. The first kappa shape index (κ1) is 35.6. The molecule has 300 valence electrons. The second-order valence-corrected chi connectivity index (χ2v) is 18.3. The number of fused-ring (bicyclic) bond motifs is 17. The predicted octanol–water partition coefficient (Wildman–Crippen LogP) is 16.5. The first-order valence-corrected chi connectivity index (χ1v) is 22.4. The van der Waals surface area contributed by atoms with Crippen LogP contribution in [0.4, 0.5) is 17.1 Å². The fraction of sp³-hybridized carbons (Fsp3) is 0.0645. The van der Waals surface area contributed by atoms with Crippen molar-refractivity contribution in [3.63, 3.8) is 0 Å². The lowest BCUT2D eigenvalue weighted by atomic mass is 9.70. The molecule has 0 bridgehead atoms. The summed E-state index contributed by atoms with van der Waals surface area (Å²) in [5.74, 6) is 0. The third-order valence-electron chi connectivity index (χ3n) is 14.9. The van der Waals surface area contributed by atoms with Crippen molar-refractivity contribution in [3.8, 4) is 44.5 Å². The maximum absolute atomic E-state index is 6.70. The average molecular weight is 816 g/mol. The molecule has 0 N–H and O–H groups in total. The van der Waals surface area contributed by atoms with Gasteiger partial charge in [0.05, 0.1) is 11.1 Å². The smallest absolute Gasteiger partial charge is 0.136 e. The van der Waals surface area contributed by atoms with Gasteiger partial charge in [0.1, 0.15) is 11.2 Å². The lowest BCUT2D eigenvalue weighted by Crippen LogP contribution is -2.26. The Labute approximate surface area is 372 Å². The molecule has 1 aromatic heterocycles. The summed E-state index contributed by atoms with van der Waals surface area (Å²) in [5, 5.41) is 4.63. The minimum Gasteiger partial charge on any atom is -0.456 e. The van der Waals surface area contributed by atoms with E-state index in [4.69, 9.17) is 4.42 Å². The van der Waals surface area contributed by atoms with Gasteiger partial charge in [-0.25, -0.2) is 0 Å². The van der Waals surface area contributed by atoms with Gasteiger partial charge < -0.3 is 9.32 Å². The van der Waals surface area contributed by atoms with Crippen LogP contribution in [0, 0.1) is 0 Å². The molecule has 0 amide bonds. The van der Waals surface area contributed by atoms with Gasteiger partial charge in [0.15, 0.2) is 0 Å². The Kier molecular flexibility index (Phi) is 7.13. The highest BCUT2D eigenvalue weighted by molar-refractivity contribution is 6.19. The molecule has 0 unspecified atom stereocenters.